The van der Waals surface area contributed by atoms with Gasteiger partial charge >= 0.3 is 5.97 Å². The Morgan fingerprint density at radius 3 is 2.35 bits per heavy atom. The molecule has 4 nitrogen and oxygen atoms in total. The third kappa shape index (κ3) is 4.75. The normalized spacial score (nSPS) is 18.3. The van der Waals surface area contributed by atoms with E-state index < -0.39 is 11.9 Å². The summed E-state index contributed by atoms with van der Waals surface area (Å²) in [4.78, 5) is 22.8. The minimum atomic E-state index is -0.814. The van der Waals surface area contributed by atoms with Gasteiger partial charge in [-0.05, 0) is 25.2 Å². The van der Waals surface area contributed by atoms with E-state index in [0.717, 1.165) is 25.7 Å². The maximum Gasteiger partial charge on any atom is 0.308 e. The van der Waals surface area contributed by atoms with Gasteiger partial charge in [0, 0.05) is 12.5 Å². The Hall–Kier alpha value is -1.06. The van der Waals surface area contributed by atoms with Crippen LogP contribution in [0.5, 0.6) is 0 Å². The number of carboxylic acid groups (broad SMARTS) is 1. The van der Waals surface area contributed by atoms with Gasteiger partial charge in [-0.3, -0.25) is 9.59 Å². The number of rotatable bonds is 6. The molecule has 0 spiro atoms. The van der Waals surface area contributed by atoms with Gasteiger partial charge in [-0.25, -0.2) is 0 Å². The van der Waals surface area contributed by atoms with E-state index >= 15 is 0 Å². The quantitative estimate of drug-likeness (QED) is 0.748. The minimum absolute atomic E-state index is 0.0394. The Balaban J connectivity index is 2.35. The van der Waals surface area contributed by atoms with Gasteiger partial charge in [0.25, 0.3) is 0 Å². The SMILES string of the molecule is CC(C)CC(CNC(=O)C1CCCC1)C(=O)O. The number of carboxylic acids is 1. The molecule has 1 amide bonds. The zero-order chi connectivity index (χ0) is 12.8. The number of amides is 1. The second-order valence-electron chi connectivity index (χ2n) is 5.39. The molecule has 1 fully saturated rings. The first-order chi connectivity index (χ1) is 8.00. The summed E-state index contributed by atoms with van der Waals surface area (Å²) < 4.78 is 0. The standard InChI is InChI=1S/C13H23NO3/c1-9(2)7-11(13(16)17)8-14-12(15)10-5-3-4-6-10/h9-11H,3-8H2,1-2H3,(H,14,15)(H,16,17). The van der Waals surface area contributed by atoms with Crippen molar-refractivity contribution in [2.24, 2.45) is 17.8 Å². The summed E-state index contributed by atoms with van der Waals surface area (Å²) in [6.45, 7) is 4.26. The molecule has 0 aromatic rings. The minimum Gasteiger partial charge on any atom is -0.481 e. The highest BCUT2D eigenvalue weighted by Crippen LogP contribution is 2.24. The number of carbonyl (C=O) groups is 2. The molecule has 0 aromatic heterocycles. The first-order valence-corrected chi connectivity index (χ1v) is 6.51. The number of hydrogen-bond acceptors (Lipinski definition) is 2. The first-order valence-electron chi connectivity index (χ1n) is 6.51. The number of carbonyl (C=O) groups excluding carboxylic acids is 1. The van der Waals surface area contributed by atoms with E-state index in [1.807, 2.05) is 13.8 Å². The van der Waals surface area contributed by atoms with Crippen molar-refractivity contribution < 1.29 is 14.7 Å². The molecule has 4 heteroatoms. The predicted octanol–water partition coefficient (Wildman–Crippen LogP) is 2.04. The van der Waals surface area contributed by atoms with Crippen molar-refractivity contribution in [1.29, 1.82) is 0 Å². The van der Waals surface area contributed by atoms with Gasteiger partial charge in [0.1, 0.15) is 0 Å². The third-order valence-corrected chi connectivity index (χ3v) is 3.35. The molecule has 2 N–H and O–H groups in total. The molecule has 1 aliphatic carbocycles. The van der Waals surface area contributed by atoms with E-state index in [1.54, 1.807) is 0 Å². The van der Waals surface area contributed by atoms with Crippen molar-refractivity contribution in [3.63, 3.8) is 0 Å². The molecule has 0 aliphatic heterocycles. The van der Waals surface area contributed by atoms with Crippen molar-refractivity contribution in [3.8, 4) is 0 Å². The molecule has 1 aliphatic rings. The maximum atomic E-state index is 11.8. The van der Waals surface area contributed by atoms with Crippen molar-refractivity contribution in [3.05, 3.63) is 0 Å². The summed E-state index contributed by atoms with van der Waals surface area (Å²) in [5.41, 5.74) is 0. The molecule has 1 atom stereocenters. The average Bonchev–Trinajstić information content (AvgIpc) is 2.76. The van der Waals surface area contributed by atoms with Crippen LogP contribution in [0.1, 0.15) is 46.0 Å². The van der Waals surface area contributed by atoms with Crippen molar-refractivity contribution >= 4 is 11.9 Å². The molecule has 1 saturated carbocycles. The Morgan fingerprint density at radius 2 is 1.88 bits per heavy atom. The molecular formula is C13H23NO3. The highest BCUT2D eigenvalue weighted by Gasteiger charge is 2.25. The topological polar surface area (TPSA) is 66.4 Å². The zero-order valence-corrected chi connectivity index (χ0v) is 10.7. The fraction of sp³-hybridized carbons (Fsp3) is 0.846. The number of hydrogen-bond donors (Lipinski definition) is 2. The smallest absolute Gasteiger partial charge is 0.308 e. The highest BCUT2D eigenvalue weighted by molar-refractivity contribution is 5.79. The Bertz CT molecular complexity index is 270. The third-order valence-electron chi connectivity index (χ3n) is 3.35. The summed E-state index contributed by atoms with van der Waals surface area (Å²) in [6.07, 6.45) is 4.75. The maximum absolute atomic E-state index is 11.8. The molecule has 0 radical (unpaired) electrons. The van der Waals surface area contributed by atoms with Crippen LogP contribution in [-0.2, 0) is 9.59 Å². The van der Waals surface area contributed by atoms with Crippen LogP contribution in [0.15, 0.2) is 0 Å². The Morgan fingerprint density at radius 1 is 1.29 bits per heavy atom. The van der Waals surface area contributed by atoms with Crippen molar-refractivity contribution in [1.82, 2.24) is 5.32 Å². The fourth-order valence-electron chi connectivity index (χ4n) is 2.40. The number of nitrogens with one attached hydrogen (secondary N) is 1. The van der Waals surface area contributed by atoms with Gasteiger partial charge in [-0.15, -0.1) is 0 Å². The summed E-state index contributed by atoms with van der Waals surface area (Å²) in [6, 6.07) is 0. The van der Waals surface area contributed by atoms with E-state index in [9.17, 15) is 9.59 Å². The molecule has 1 rings (SSSR count). The molecule has 0 aromatic carbocycles. The second kappa shape index (κ2) is 6.62. The predicted molar refractivity (Wildman–Crippen MR) is 65.5 cm³/mol. The van der Waals surface area contributed by atoms with Crippen LogP contribution in [0, 0.1) is 17.8 Å². The Labute approximate surface area is 103 Å². The van der Waals surface area contributed by atoms with Crippen LogP contribution in [0.2, 0.25) is 0 Å². The summed E-state index contributed by atoms with van der Waals surface area (Å²) in [5, 5.41) is 11.8. The highest BCUT2D eigenvalue weighted by atomic mass is 16.4. The van der Waals surface area contributed by atoms with E-state index in [4.69, 9.17) is 5.11 Å². The second-order valence-corrected chi connectivity index (χ2v) is 5.39. The summed E-state index contributed by atoms with van der Waals surface area (Å²) in [7, 11) is 0. The van der Waals surface area contributed by atoms with Gasteiger partial charge < -0.3 is 10.4 Å². The monoisotopic (exact) mass is 241 g/mol. The van der Waals surface area contributed by atoms with Crippen molar-refractivity contribution in [2.75, 3.05) is 6.54 Å². The number of aliphatic carboxylic acids is 1. The molecule has 0 heterocycles. The van der Waals surface area contributed by atoms with Crippen LogP contribution in [0.4, 0.5) is 0 Å². The van der Waals surface area contributed by atoms with Crippen LogP contribution >= 0.6 is 0 Å². The van der Waals surface area contributed by atoms with Gasteiger partial charge in [-0.1, -0.05) is 26.7 Å². The summed E-state index contributed by atoms with van der Waals surface area (Å²) >= 11 is 0. The van der Waals surface area contributed by atoms with E-state index in [-0.39, 0.29) is 18.4 Å². The first kappa shape index (κ1) is 14.0. The van der Waals surface area contributed by atoms with Gasteiger partial charge in [-0.2, -0.15) is 0 Å². The van der Waals surface area contributed by atoms with Gasteiger partial charge in [0.15, 0.2) is 0 Å². The van der Waals surface area contributed by atoms with Crippen LogP contribution in [-0.4, -0.2) is 23.5 Å². The van der Waals surface area contributed by atoms with Crippen LogP contribution in [0.25, 0.3) is 0 Å². The van der Waals surface area contributed by atoms with E-state index in [1.165, 1.54) is 0 Å². The van der Waals surface area contributed by atoms with E-state index in [0.29, 0.717) is 12.3 Å². The zero-order valence-electron chi connectivity index (χ0n) is 10.7. The van der Waals surface area contributed by atoms with Crippen molar-refractivity contribution in [2.45, 2.75) is 46.0 Å². The molecule has 98 valence electrons. The lowest BCUT2D eigenvalue weighted by atomic mass is 9.97. The fourth-order valence-corrected chi connectivity index (χ4v) is 2.40. The largest absolute Gasteiger partial charge is 0.481 e. The van der Waals surface area contributed by atoms with Crippen LogP contribution < -0.4 is 5.32 Å². The van der Waals surface area contributed by atoms with E-state index in [2.05, 4.69) is 5.32 Å². The molecule has 17 heavy (non-hydrogen) atoms. The molecule has 1 unspecified atom stereocenters. The molecular weight excluding hydrogens is 218 g/mol. The lowest BCUT2D eigenvalue weighted by molar-refractivity contribution is -0.142. The molecule has 0 bridgehead atoms. The Kier molecular flexibility index (Phi) is 5.45. The lowest BCUT2D eigenvalue weighted by Gasteiger charge is -2.17. The average molecular weight is 241 g/mol. The lowest BCUT2D eigenvalue weighted by Crippen LogP contribution is -2.36. The van der Waals surface area contributed by atoms with Gasteiger partial charge in [0.05, 0.1) is 5.92 Å². The molecule has 0 saturated heterocycles. The van der Waals surface area contributed by atoms with Gasteiger partial charge in [0.2, 0.25) is 5.91 Å². The van der Waals surface area contributed by atoms with Crippen LogP contribution in [0.3, 0.4) is 0 Å². The summed E-state index contributed by atoms with van der Waals surface area (Å²) in [5.74, 6) is -0.786.